The molecule has 0 fully saturated rings. The summed E-state index contributed by atoms with van der Waals surface area (Å²) < 4.78 is 0. The van der Waals surface area contributed by atoms with Gasteiger partial charge in [-0.3, -0.25) is 0 Å². The van der Waals surface area contributed by atoms with Gasteiger partial charge in [0.25, 0.3) is 0 Å². The van der Waals surface area contributed by atoms with Gasteiger partial charge < -0.3 is 5.32 Å². The van der Waals surface area contributed by atoms with Crippen LogP contribution in [0.25, 0.3) is 0 Å². The summed E-state index contributed by atoms with van der Waals surface area (Å²) in [6.07, 6.45) is 4.65. The molecule has 0 spiro atoms. The average Bonchev–Trinajstić information content (AvgIpc) is 2.81. The van der Waals surface area contributed by atoms with Crippen LogP contribution in [0, 0.1) is 11.3 Å². The number of hydrogen-bond donors (Lipinski definition) is 1. The molecule has 1 aliphatic carbocycles. The lowest BCUT2D eigenvalue weighted by Crippen LogP contribution is -1.99. The molecule has 1 aliphatic rings. The van der Waals surface area contributed by atoms with Crippen LogP contribution in [0.2, 0.25) is 5.02 Å². The topological polar surface area (TPSA) is 48.7 Å². The molecule has 1 aromatic heterocycles. The maximum Gasteiger partial charge on any atom is 0.187 e. The van der Waals surface area contributed by atoms with Gasteiger partial charge in [-0.05, 0) is 43.9 Å². The first kappa shape index (κ1) is 12.5. The van der Waals surface area contributed by atoms with Crippen LogP contribution < -0.4 is 5.32 Å². The molecule has 0 aliphatic heterocycles. The Bertz CT molecular complexity index is 634. The lowest BCUT2D eigenvalue weighted by Gasteiger charge is -2.06. The van der Waals surface area contributed by atoms with E-state index in [1.807, 2.05) is 0 Å². The van der Waals surface area contributed by atoms with Crippen molar-refractivity contribution >= 4 is 33.8 Å². The predicted molar refractivity (Wildman–Crippen MR) is 78.2 cm³/mol. The molecule has 0 saturated heterocycles. The third-order valence-electron chi connectivity index (χ3n) is 3.19. The van der Waals surface area contributed by atoms with Gasteiger partial charge >= 0.3 is 0 Å². The van der Waals surface area contributed by atoms with Gasteiger partial charge in [0.15, 0.2) is 5.13 Å². The third kappa shape index (κ3) is 2.58. The maximum atomic E-state index is 9.10. The van der Waals surface area contributed by atoms with Gasteiger partial charge in [0.2, 0.25) is 0 Å². The summed E-state index contributed by atoms with van der Waals surface area (Å²) in [5.74, 6) is 0. The smallest absolute Gasteiger partial charge is 0.187 e. The highest BCUT2D eigenvalue weighted by Crippen LogP contribution is 2.32. The van der Waals surface area contributed by atoms with Crippen LogP contribution in [0.3, 0.4) is 0 Å². The van der Waals surface area contributed by atoms with Crippen molar-refractivity contribution in [2.75, 3.05) is 5.32 Å². The highest BCUT2D eigenvalue weighted by atomic mass is 35.5. The van der Waals surface area contributed by atoms with Crippen LogP contribution >= 0.6 is 22.9 Å². The zero-order valence-electron chi connectivity index (χ0n) is 10.2. The number of hydrogen-bond acceptors (Lipinski definition) is 4. The first-order valence-corrected chi connectivity index (χ1v) is 7.41. The number of benzene rings is 1. The number of aromatic nitrogens is 1. The predicted octanol–water partition coefficient (Wildman–Crippen LogP) is 4.29. The minimum atomic E-state index is 0.581. The molecule has 3 rings (SSSR count). The second-order valence-electron chi connectivity index (χ2n) is 4.52. The summed E-state index contributed by atoms with van der Waals surface area (Å²) in [4.78, 5) is 5.98. The summed E-state index contributed by atoms with van der Waals surface area (Å²) in [6, 6.07) is 7.37. The average molecular weight is 290 g/mol. The Morgan fingerprint density at radius 1 is 1.32 bits per heavy atom. The molecule has 0 saturated carbocycles. The van der Waals surface area contributed by atoms with Gasteiger partial charge in [0.1, 0.15) is 6.07 Å². The van der Waals surface area contributed by atoms with Gasteiger partial charge in [0.05, 0.1) is 16.9 Å². The van der Waals surface area contributed by atoms with E-state index in [4.69, 9.17) is 16.9 Å². The van der Waals surface area contributed by atoms with Gasteiger partial charge in [-0.1, -0.05) is 11.6 Å². The van der Waals surface area contributed by atoms with Crippen LogP contribution in [0.15, 0.2) is 18.2 Å². The van der Waals surface area contributed by atoms with Crippen molar-refractivity contribution in [3.8, 4) is 6.07 Å². The maximum absolute atomic E-state index is 9.10. The molecule has 96 valence electrons. The Hall–Kier alpha value is -1.57. The van der Waals surface area contributed by atoms with Crippen LogP contribution in [0.5, 0.6) is 0 Å². The van der Waals surface area contributed by atoms with E-state index in [0.29, 0.717) is 10.6 Å². The molecule has 3 nitrogen and oxygen atoms in total. The first-order chi connectivity index (χ1) is 9.26. The van der Waals surface area contributed by atoms with Gasteiger partial charge in [-0.2, -0.15) is 5.26 Å². The van der Waals surface area contributed by atoms with Gasteiger partial charge in [-0.15, -0.1) is 11.3 Å². The second kappa shape index (κ2) is 5.20. The van der Waals surface area contributed by atoms with Crippen molar-refractivity contribution in [2.45, 2.75) is 25.7 Å². The number of halogens is 1. The minimum Gasteiger partial charge on any atom is -0.330 e. The Morgan fingerprint density at radius 2 is 2.16 bits per heavy atom. The molecular weight excluding hydrogens is 278 g/mol. The van der Waals surface area contributed by atoms with E-state index in [0.717, 1.165) is 23.7 Å². The summed E-state index contributed by atoms with van der Waals surface area (Å²) in [5.41, 5.74) is 2.51. The van der Waals surface area contributed by atoms with E-state index in [2.05, 4.69) is 16.4 Å². The molecule has 0 amide bonds. The Labute approximate surface area is 120 Å². The normalized spacial score (nSPS) is 13.7. The fraction of sp³-hybridized carbons (Fsp3) is 0.286. The number of fused-ring (bicyclic) bond motifs is 1. The highest BCUT2D eigenvalue weighted by Gasteiger charge is 2.15. The largest absolute Gasteiger partial charge is 0.330 e. The lowest BCUT2D eigenvalue weighted by molar-refractivity contribution is 0.683. The van der Waals surface area contributed by atoms with Crippen molar-refractivity contribution < 1.29 is 0 Å². The van der Waals surface area contributed by atoms with Crippen molar-refractivity contribution in [1.82, 2.24) is 4.98 Å². The number of rotatable bonds is 2. The summed E-state index contributed by atoms with van der Waals surface area (Å²) >= 11 is 7.66. The molecule has 1 aromatic carbocycles. The van der Waals surface area contributed by atoms with E-state index in [1.165, 1.54) is 23.4 Å². The number of nitriles is 1. The van der Waals surface area contributed by atoms with Crippen molar-refractivity contribution in [3.05, 3.63) is 39.4 Å². The molecule has 0 unspecified atom stereocenters. The summed E-state index contributed by atoms with van der Waals surface area (Å²) in [6.45, 7) is 0. The van der Waals surface area contributed by atoms with Crippen molar-refractivity contribution in [2.24, 2.45) is 0 Å². The fourth-order valence-corrected chi connectivity index (χ4v) is 3.47. The van der Waals surface area contributed by atoms with Crippen molar-refractivity contribution in [3.63, 3.8) is 0 Å². The first-order valence-electron chi connectivity index (χ1n) is 6.21. The molecule has 2 aromatic rings. The molecule has 0 radical (unpaired) electrons. The lowest BCUT2D eigenvalue weighted by atomic mass is 10.0. The van der Waals surface area contributed by atoms with E-state index >= 15 is 0 Å². The number of nitrogens with one attached hydrogen (secondary N) is 1. The molecule has 19 heavy (non-hydrogen) atoms. The molecule has 0 bridgehead atoms. The van der Waals surface area contributed by atoms with Crippen LogP contribution in [-0.4, -0.2) is 4.98 Å². The number of anilines is 2. The zero-order chi connectivity index (χ0) is 13.2. The Balaban J connectivity index is 1.91. The van der Waals surface area contributed by atoms with Gasteiger partial charge in [-0.25, -0.2) is 4.98 Å². The zero-order valence-corrected chi connectivity index (χ0v) is 11.8. The van der Waals surface area contributed by atoms with E-state index in [-0.39, 0.29) is 0 Å². The standard InChI is InChI=1S/C14H12ClN3S/c15-10-6-5-9(8-16)12(7-10)18-14-17-11-3-1-2-4-13(11)19-14/h5-7H,1-4H2,(H,17,18). The monoisotopic (exact) mass is 289 g/mol. The fourth-order valence-electron chi connectivity index (χ4n) is 2.24. The molecular formula is C14H12ClN3S. The molecule has 1 heterocycles. The van der Waals surface area contributed by atoms with E-state index in [1.54, 1.807) is 29.5 Å². The van der Waals surface area contributed by atoms with Crippen LogP contribution in [0.4, 0.5) is 10.8 Å². The number of aryl methyl sites for hydroxylation is 2. The number of nitrogens with zero attached hydrogens (tertiary/aromatic N) is 2. The molecule has 5 heteroatoms. The van der Waals surface area contributed by atoms with E-state index < -0.39 is 0 Å². The van der Waals surface area contributed by atoms with E-state index in [9.17, 15) is 0 Å². The van der Waals surface area contributed by atoms with Crippen LogP contribution in [-0.2, 0) is 12.8 Å². The Morgan fingerprint density at radius 3 is 2.95 bits per heavy atom. The van der Waals surface area contributed by atoms with Gasteiger partial charge in [0, 0.05) is 9.90 Å². The summed E-state index contributed by atoms with van der Waals surface area (Å²) in [5, 5.41) is 13.8. The number of thiazole rings is 1. The SMILES string of the molecule is N#Cc1ccc(Cl)cc1Nc1nc2c(s1)CCCC2. The third-order valence-corrected chi connectivity index (χ3v) is 4.50. The minimum absolute atomic E-state index is 0.581. The Kier molecular flexibility index (Phi) is 3.41. The van der Waals surface area contributed by atoms with Crippen LogP contribution in [0.1, 0.15) is 29.0 Å². The quantitative estimate of drug-likeness (QED) is 0.897. The highest BCUT2D eigenvalue weighted by molar-refractivity contribution is 7.15. The molecule has 1 N–H and O–H groups in total. The molecule has 0 atom stereocenters. The van der Waals surface area contributed by atoms with Crippen molar-refractivity contribution in [1.29, 1.82) is 5.26 Å². The second-order valence-corrected chi connectivity index (χ2v) is 6.04. The summed E-state index contributed by atoms with van der Waals surface area (Å²) in [7, 11) is 0.